The molecule has 1 unspecified atom stereocenters. The molecule has 1 rings (SSSR count). The zero-order chi connectivity index (χ0) is 13.6. The van der Waals surface area contributed by atoms with Crippen LogP contribution >= 0.6 is 0 Å². The standard InChI is InChI=1S/C14H31N3O/c1-12(2)18-11-13(16-15)14(3,4)17-9-7-5-6-8-10-17/h12-13,16H,5-11,15H2,1-4H3. The summed E-state index contributed by atoms with van der Waals surface area (Å²) in [6.45, 7) is 11.7. The van der Waals surface area contributed by atoms with E-state index in [-0.39, 0.29) is 17.7 Å². The van der Waals surface area contributed by atoms with Gasteiger partial charge < -0.3 is 4.74 Å². The van der Waals surface area contributed by atoms with Crippen LogP contribution < -0.4 is 11.3 Å². The van der Waals surface area contributed by atoms with Crippen LogP contribution in [0.15, 0.2) is 0 Å². The van der Waals surface area contributed by atoms with E-state index in [2.05, 4.69) is 38.0 Å². The summed E-state index contributed by atoms with van der Waals surface area (Å²) < 4.78 is 5.73. The molecular weight excluding hydrogens is 226 g/mol. The van der Waals surface area contributed by atoms with Crippen LogP contribution in [0.5, 0.6) is 0 Å². The number of hydrogen-bond donors (Lipinski definition) is 2. The van der Waals surface area contributed by atoms with Crippen molar-refractivity contribution >= 4 is 0 Å². The topological polar surface area (TPSA) is 50.5 Å². The van der Waals surface area contributed by atoms with Gasteiger partial charge in [-0.05, 0) is 53.6 Å². The minimum atomic E-state index is 0.0357. The van der Waals surface area contributed by atoms with Gasteiger partial charge in [-0.2, -0.15) is 0 Å². The molecule has 4 heteroatoms. The highest BCUT2D eigenvalue weighted by atomic mass is 16.5. The van der Waals surface area contributed by atoms with E-state index in [0.29, 0.717) is 6.61 Å². The van der Waals surface area contributed by atoms with Gasteiger partial charge in [-0.1, -0.05) is 12.8 Å². The third-order valence-corrected chi connectivity index (χ3v) is 4.07. The van der Waals surface area contributed by atoms with E-state index in [1.165, 1.54) is 38.8 Å². The SMILES string of the molecule is CC(C)OCC(NN)C(C)(C)N1CCCCCC1. The number of rotatable bonds is 6. The molecule has 0 radical (unpaired) electrons. The van der Waals surface area contributed by atoms with Crippen molar-refractivity contribution in [3.8, 4) is 0 Å². The summed E-state index contributed by atoms with van der Waals surface area (Å²) in [7, 11) is 0. The Bertz CT molecular complexity index is 223. The fourth-order valence-electron chi connectivity index (χ4n) is 2.61. The van der Waals surface area contributed by atoms with Crippen LogP contribution in [-0.2, 0) is 4.74 Å². The molecule has 1 aliphatic rings. The first kappa shape index (κ1) is 15.9. The predicted molar refractivity (Wildman–Crippen MR) is 76.3 cm³/mol. The quantitative estimate of drug-likeness (QED) is 0.564. The largest absolute Gasteiger partial charge is 0.377 e. The Morgan fingerprint density at radius 3 is 2.17 bits per heavy atom. The lowest BCUT2D eigenvalue weighted by Crippen LogP contribution is -2.61. The van der Waals surface area contributed by atoms with Gasteiger partial charge in [0.1, 0.15) is 0 Å². The zero-order valence-electron chi connectivity index (χ0n) is 12.5. The van der Waals surface area contributed by atoms with Crippen molar-refractivity contribution < 1.29 is 4.74 Å². The Hall–Kier alpha value is -0.160. The Balaban J connectivity index is 2.61. The van der Waals surface area contributed by atoms with Crippen molar-refractivity contribution in [2.45, 2.75) is 71.1 Å². The molecule has 1 aliphatic heterocycles. The van der Waals surface area contributed by atoms with Gasteiger partial charge in [0.05, 0.1) is 18.8 Å². The smallest absolute Gasteiger partial charge is 0.0654 e. The van der Waals surface area contributed by atoms with Gasteiger partial charge in [0.2, 0.25) is 0 Å². The van der Waals surface area contributed by atoms with E-state index >= 15 is 0 Å². The summed E-state index contributed by atoms with van der Waals surface area (Å²) in [5.41, 5.74) is 2.98. The summed E-state index contributed by atoms with van der Waals surface area (Å²) in [5, 5.41) is 0. The monoisotopic (exact) mass is 257 g/mol. The second-order valence-electron chi connectivity index (χ2n) is 6.16. The lowest BCUT2D eigenvalue weighted by Gasteiger charge is -2.43. The number of ether oxygens (including phenoxy) is 1. The Morgan fingerprint density at radius 2 is 1.72 bits per heavy atom. The van der Waals surface area contributed by atoms with E-state index in [4.69, 9.17) is 10.6 Å². The molecule has 3 N–H and O–H groups in total. The summed E-state index contributed by atoms with van der Waals surface area (Å²) in [6, 6.07) is 0.165. The number of likely N-dealkylation sites (tertiary alicyclic amines) is 1. The van der Waals surface area contributed by atoms with Gasteiger partial charge in [-0.25, -0.2) is 0 Å². The maximum atomic E-state index is 5.73. The molecule has 0 aromatic heterocycles. The van der Waals surface area contributed by atoms with Crippen LogP contribution in [0.3, 0.4) is 0 Å². The van der Waals surface area contributed by atoms with E-state index in [9.17, 15) is 0 Å². The highest BCUT2D eigenvalue weighted by molar-refractivity contribution is 4.93. The average Bonchev–Trinajstić information content (AvgIpc) is 2.57. The molecule has 4 nitrogen and oxygen atoms in total. The predicted octanol–water partition coefficient (Wildman–Crippen LogP) is 1.90. The summed E-state index contributed by atoms with van der Waals surface area (Å²) in [5.74, 6) is 5.73. The molecule has 0 amide bonds. The highest BCUT2D eigenvalue weighted by Gasteiger charge is 2.35. The average molecular weight is 257 g/mol. The molecule has 1 atom stereocenters. The van der Waals surface area contributed by atoms with Gasteiger partial charge in [0.15, 0.2) is 0 Å². The number of nitrogens with two attached hydrogens (primary N) is 1. The molecule has 1 fully saturated rings. The minimum Gasteiger partial charge on any atom is -0.377 e. The first-order chi connectivity index (χ1) is 8.48. The summed E-state index contributed by atoms with van der Waals surface area (Å²) in [6.07, 6.45) is 5.56. The minimum absolute atomic E-state index is 0.0357. The molecule has 108 valence electrons. The third-order valence-electron chi connectivity index (χ3n) is 4.07. The van der Waals surface area contributed by atoms with Crippen LogP contribution in [-0.4, -0.2) is 42.3 Å². The van der Waals surface area contributed by atoms with Crippen molar-refractivity contribution in [2.75, 3.05) is 19.7 Å². The Kier molecular flexibility index (Phi) is 6.57. The molecule has 18 heavy (non-hydrogen) atoms. The lowest BCUT2D eigenvalue weighted by molar-refractivity contribution is 0.00456. The van der Waals surface area contributed by atoms with E-state index in [1.807, 2.05) is 0 Å². The lowest BCUT2D eigenvalue weighted by atomic mass is 9.92. The van der Waals surface area contributed by atoms with Crippen molar-refractivity contribution in [1.29, 1.82) is 0 Å². The molecule has 1 saturated heterocycles. The summed E-state index contributed by atoms with van der Waals surface area (Å²) in [4.78, 5) is 2.56. The van der Waals surface area contributed by atoms with Crippen molar-refractivity contribution in [3.63, 3.8) is 0 Å². The summed E-state index contributed by atoms with van der Waals surface area (Å²) >= 11 is 0. The van der Waals surface area contributed by atoms with E-state index in [1.54, 1.807) is 0 Å². The maximum Gasteiger partial charge on any atom is 0.0654 e. The number of hydrogen-bond acceptors (Lipinski definition) is 4. The van der Waals surface area contributed by atoms with Gasteiger partial charge in [-0.15, -0.1) is 0 Å². The second kappa shape index (κ2) is 7.43. The fourth-order valence-corrected chi connectivity index (χ4v) is 2.61. The molecule has 0 saturated carbocycles. The van der Waals surface area contributed by atoms with Gasteiger partial charge in [0.25, 0.3) is 0 Å². The molecule has 0 bridgehead atoms. The van der Waals surface area contributed by atoms with Gasteiger partial charge in [0, 0.05) is 5.54 Å². The number of nitrogens with zero attached hydrogens (tertiary/aromatic N) is 1. The first-order valence-electron chi connectivity index (χ1n) is 7.31. The van der Waals surface area contributed by atoms with Gasteiger partial charge >= 0.3 is 0 Å². The Morgan fingerprint density at radius 1 is 1.17 bits per heavy atom. The van der Waals surface area contributed by atoms with E-state index < -0.39 is 0 Å². The zero-order valence-corrected chi connectivity index (χ0v) is 12.5. The number of hydrazine groups is 1. The second-order valence-corrected chi connectivity index (χ2v) is 6.16. The van der Waals surface area contributed by atoms with Crippen LogP contribution in [0.25, 0.3) is 0 Å². The molecular formula is C14H31N3O. The maximum absolute atomic E-state index is 5.73. The normalized spacial score (nSPS) is 21.0. The van der Waals surface area contributed by atoms with Crippen LogP contribution in [0.2, 0.25) is 0 Å². The van der Waals surface area contributed by atoms with Gasteiger partial charge in [-0.3, -0.25) is 16.2 Å². The van der Waals surface area contributed by atoms with Crippen molar-refractivity contribution in [2.24, 2.45) is 5.84 Å². The van der Waals surface area contributed by atoms with E-state index in [0.717, 1.165) is 0 Å². The molecule has 0 aromatic rings. The molecule has 0 aliphatic carbocycles. The number of nitrogens with one attached hydrogen (secondary N) is 1. The third kappa shape index (κ3) is 4.50. The highest BCUT2D eigenvalue weighted by Crippen LogP contribution is 2.23. The van der Waals surface area contributed by atoms with Crippen molar-refractivity contribution in [3.05, 3.63) is 0 Å². The molecule has 1 heterocycles. The van der Waals surface area contributed by atoms with Crippen LogP contribution in [0, 0.1) is 0 Å². The first-order valence-corrected chi connectivity index (χ1v) is 7.31. The van der Waals surface area contributed by atoms with Crippen LogP contribution in [0.1, 0.15) is 53.4 Å². The fraction of sp³-hybridized carbons (Fsp3) is 1.00. The van der Waals surface area contributed by atoms with Crippen molar-refractivity contribution in [1.82, 2.24) is 10.3 Å². The molecule has 0 spiro atoms. The molecule has 0 aromatic carbocycles. The Labute approximate surface area is 112 Å². The van der Waals surface area contributed by atoms with Crippen LogP contribution in [0.4, 0.5) is 0 Å².